The van der Waals surface area contributed by atoms with E-state index in [0.717, 1.165) is 22.8 Å². The molecule has 8 aromatic rings. The van der Waals surface area contributed by atoms with Crippen molar-refractivity contribution in [2.75, 3.05) is 4.90 Å². The highest BCUT2D eigenvalue weighted by molar-refractivity contribution is 5.97. The maximum atomic E-state index is 6.46. The average Bonchev–Trinajstić information content (AvgIpc) is 3.61. The van der Waals surface area contributed by atoms with Crippen molar-refractivity contribution in [3.8, 4) is 39.1 Å². The second-order valence-corrected chi connectivity index (χ2v) is 13.6. The molecule has 246 valence electrons. The third-order valence-corrected chi connectivity index (χ3v) is 10.6. The van der Waals surface area contributed by atoms with Gasteiger partial charge in [0.15, 0.2) is 0 Å². The second-order valence-electron chi connectivity index (χ2n) is 13.6. The molecule has 0 aromatic heterocycles. The molecular formula is C50H35NO. The van der Waals surface area contributed by atoms with Crippen LogP contribution in [0.5, 0.6) is 5.75 Å². The van der Waals surface area contributed by atoms with E-state index in [0.29, 0.717) is 0 Å². The maximum Gasteiger partial charge on any atom is 0.128 e. The lowest BCUT2D eigenvalue weighted by molar-refractivity contribution is 0.269. The first kappa shape index (κ1) is 30.2. The van der Waals surface area contributed by atoms with Gasteiger partial charge in [0.25, 0.3) is 0 Å². The summed E-state index contributed by atoms with van der Waals surface area (Å²) < 4.78 is 6.46. The summed E-state index contributed by atoms with van der Waals surface area (Å²) in [6.07, 6.45) is 8.70. The van der Waals surface area contributed by atoms with Crippen molar-refractivity contribution < 1.29 is 4.74 Å². The summed E-state index contributed by atoms with van der Waals surface area (Å²) in [7, 11) is 0. The molecule has 0 radical (unpaired) electrons. The summed E-state index contributed by atoms with van der Waals surface area (Å²) in [6.45, 7) is 0. The maximum absolute atomic E-state index is 6.46. The predicted octanol–water partition coefficient (Wildman–Crippen LogP) is 13.4. The Hall–Kier alpha value is -6.64. The highest BCUT2D eigenvalue weighted by Gasteiger charge is 2.35. The quantitative estimate of drug-likeness (QED) is 0.175. The number of nitrogens with zero attached hydrogens (tertiary/aromatic N) is 1. The van der Waals surface area contributed by atoms with Crippen LogP contribution in [0.25, 0.3) is 54.9 Å². The molecule has 0 saturated carbocycles. The Morgan fingerprint density at radius 2 is 1.04 bits per heavy atom. The lowest BCUT2D eigenvalue weighted by atomic mass is 9.86. The molecule has 8 aromatic carbocycles. The van der Waals surface area contributed by atoms with Crippen molar-refractivity contribution in [3.63, 3.8) is 0 Å². The van der Waals surface area contributed by atoms with Crippen LogP contribution in [0.1, 0.15) is 11.5 Å². The van der Waals surface area contributed by atoms with Crippen LogP contribution < -0.4 is 9.64 Å². The van der Waals surface area contributed by atoms with Crippen LogP contribution in [0.15, 0.2) is 200 Å². The molecule has 0 spiro atoms. The van der Waals surface area contributed by atoms with Crippen molar-refractivity contribution in [2.45, 2.75) is 12.0 Å². The molecule has 1 heterocycles. The van der Waals surface area contributed by atoms with E-state index in [1.165, 1.54) is 60.5 Å². The lowest BCUT2D eigenvalue weighted by Crippen LogP contribution is -2.16. The van der Waals surface area contributed by atoms with Gasteiger partial charge in [0, 0.05) is 28.4 Å². The third kappa shape index (κ3) is 5.20. The Bertz CT molecular complexity index is 2660. The summed E-state index contributed by atoms with van der Waals surface area (Å²) in [6, 6.07) is 63.7. The zero-order valence-electron chi connectivity index (χ0n) is 28.6. The monoisotopic (exact) mass is 665 g/mol. The predicted molar refractivity (Wildman–Crippen MR) is 218 cm³/mol. The summed E-state index contributed by atoms with van der Waals surface area (Å²) in [5.74, 6) is 1.14. The molecular weight excluding hydrogens is 631 g/mol. The summed E-state index contributed by atoms with van der Waals surface area (Å²) in [5.41, 5.74) is 11.8. The van der Waals surface area contributed by atoms with E-state index in [2.05, 4.69) is 205 Å². The number of fused-ring (bicyclic) bond motifs is 5. The number of ether oxygens (including phenoxy) is 1. The third-order valence-electron chi connectivity index (χ3n) is 10.6. The van der Waals surface area contributed by atoms with Crippen molar-refractivity contribution in [1.29, 1.82) is 0 Å². The van der Waals surface area contributed by atoms with Gasteiger partial charge in [0.05, 0.1) is 5.69 Å². The highest BCUT2D eigenvalue weighted by Crippen LogP contribution is 2.50. The zero-order valence-corrected chi connectivity index (χ0v) is 28.6. The number of allylic oxidation sites excluding steroid dienone is 2. The molecule has 2 atom stereocenters. The molecule has 1 aliphatic heterocycles. The minimum Gasteiger partial charge on any atom is -0.485 e. The van der Waals surface area contributed by atoms with Crippen LogP contribution in [-0.4, -0.2) is 6.10 Å². The van der Waals surface area contributed by atoms with Crippen LogP contribution in [0.2, 0.25) is 0 Å². The molecule has 0 fully saturated rings. The van der Waals surface area contributed by atoms with Gasteiger partial charge in [0.1, 0.15) is 11.9 Å². The Balaban J connectivity index is 1.11. The van der Waals surface area contributed by atoms with Gasteiger partial charge < -0.3 is 9.64 Å². The second kappa shape index (κ2) is 12.6. The van der Waals surface area contributed by atoms with Gasteiger partial charge >= 0.3 is 0 Å². The fraction of sp³-hybridized carbons (Fsp3) is 0.0400. The number of anilines is 3. The van der Waals surface area contributed by atoms with Gasteiger partial charge in [-0.2, -0.15) is 0 Å². The van der Waals surface area contributed by atoms with Crippen LogP contribution in [0.4, 0.5) is 17.1 Å². The van der Waals surface area contributed by atoms with Gasteiger partial charge in [-0.25, -0.2) is 0 Å². The number of hydrogen-bond acceptors (Lipinski definition) is 2. The van der Waals surface area contributed by atoms with Crippen molar-refractivity contribution >= 4 is 38.6 Å². The Labute approximate surface area is 304 Å². The number of rotatable bonds is 6. The topological polar surface area (TPSA) is 12.5 Å². The van der Waals surface area contributed by atoms with E-state index in [4.69, 9.17) is 4.74 Å². The van der Waals surface area contributed by atoms with Gasteiger partial charge in [-0.15, -0.1) is 0 Å². The van der Waals surface area contributed by atoms with E-state index in [-0.39, 0.29) is 12.0 Å². The zero-order chi connectivity index (χ0) is 34.4. The molecule has 0 saturated heterocycles. The first-order valence-corrected chi connectivity index (χ1v) is 18.0. The van der Waals surface area contributed by atoms with Gasteiger partial charge in [-0.1, -0.05) is 152 Å². The van der Waals surface area contributed by atoms with Crippen molar-refractivity contribution in [2.24, 2.45) is 0 Å². The van der Waals surface area contributed by atoms with Crippen molar-refractivity contribution in [1.82, 2.24) is 0 Å². The van der Waals surface area contributed by atoms with E-state index in [1.54, 1.807) is 0 Å². The molecule has 0 bridgehead atoms. The van der Waals surface area contributed by atoms with E-state index in [1.807, 2.05) is 0 Å². The van der Waals surface area contributed by atoms with Crippen LogP contribution in [-0.2, 0) is 0 Å². The Morgan fingerprint density at radius 3 is 1.88 bits per heavy atom. The summed E-state index contributed by atoms with van der Waals surface area (Å²) in [5, 5.41) is 5.00. The van der Waals surface area contributed by atoms with Gasteiger partial charge in [0.2, 0.25) is 0 Å². The van der Waals surface area contributed by atoms with Crippen LogP contribution in [0.3, 0.4) is 0 Å². The number of para-hydroxylation sites is 1. The van der Waals surface area contributed by atoms with Gasteiger partial charge in [-0.05, 0) is 97.9 Å². The first-order chi connectivity index (χ1) is 25.8. The Kier molecular flexibility index (Phi) is 7.32. The Morgan fingerprint density at radius 1 is 0.423 bits per heavy atom. The standard InChI is InChI=1S/C50H35NO/c1-2-13-38-33-39(24-23-34(38)11-1)35-25-29-40(30-26-35)51(41-31-27-37(28-32-41)43-18-9-14-36-12-3-4-15-42(36)43)47-20-7-5-16-44(47)45-19-10-22-49-50(45)46-17-6-8-21-48(46)52-49/h1-33,46,48H. The number of benzene rings is 8. The molecule has 2 aliphatic rings. The molecule has 10 rings (SSSR count). The van der Waals surface area contributed by atoms with E-state index < -0.39 is 0 Å². The normalized spacial score (nSPS) is 15.7. The smallest absolute Gasteiger partial charge is 0.128 e. The average molecular weight is 666 g/mol. The summed E-state index contributed by atoms with van der Waals surface area (Å²) in [4.78, 5) is 2.40. The fourth-order valence-corrected chi connectivity index (χ4v) is 8.09. The first-order valence-electron chi connectivity index (χ1n) is 18.0. The van der Waals surface area contributed by atoms with Gasteiger partial charge in [-0.3, -0.25) is 0 Å². The molecule has 0 N–H and O–H groups in total. The molecule has 1 aliphatic carbocycles. The minimum atomic E-state index is 0.0219. The molecule has 2 nitrogen and oxygen atoms in total. The van der Waals surface area contributed by atoms with Crippen LogP contribution >= 0.6 is 0 Å². The lowest BCUT2D eigenvalue weighted by Gasteiger charge is -2.29. The molecule has 52 heavy (non-hydrogen) atoms. The SMILES string of the molecule is C1=CC2Oc3cccc(-c4ccccc4N(c4ccc(-c5ccc6ccccc6c5)cc4)c4ccc(-c5cccc6ccccc56)cc4)c3C2C=C1. The van der Waals surface area contributed by atoms with E-state index in [9.17, 15) is 0 Å². The molecule has 0 amide bonds. The van der Waals surface area contributed by atoms with E-state index >= 15 is 0 Å². The minimum absolute atomic E-state index is 0.0219. The van der Waals surface area contributed by atoms with Crippen molar-refractivity contribution in [3.05, 3.63) is 206 Å². The highest BCUT2D eigenvalue weighted by atomic mass is 16.5. The summed E-state index contributed by atoms with van der Waals surface area (Å²) >= 11 is 0. The largest absolute Gasteiger partial charge is 0.485 e. The molecule has 2 unspecified atom stereocenters. The van der Waals surface area contributed by atoms with Crippen LogP contribution in [0, 0.1) is 0 Å². The number of hydrogen-bond donors (Lipinski definition) is 0. The molecule has 2 heteroatoms. The fourth-order valence-electron chi connectivity index (χ4n) is 8.09.